The second-order valence-electron chi connectivity index (χ2n) is 14.8. The van der Waals surface area contributed by atoms with Gasteiger partial charge in [-0.05, 0) is 72.8 Å². The highest BCUT2D eigenvalue weighted by molar-refractivity contribution is 6.91. The van der Waals surface area contributed by atoms with Crippen molar-refractivity contribution in [2.24, 2.45) is 5.92 Å². The fourth-order valence-corrected chi connectivity index (χ4v) is 13.4. The van der Waals surface area contributed by atoms with Crippen LogP contribution in [-0.2, 0) is 31.3 Å². The number of halogens is 1. The zero-order valence-electron chi connectivity index (χ0n) is 29.2. The zero-order valence-corrected chi connectivity index (χ0v) is 31.0. The minimum atomic E-state index is -2.46. The zero-order chi connectivity index (χ0) is 35.4. The molecule has 1 spiro atoms. The molecule has 1 N–H and O–H groups in total. The van der Waals surface area contributed by atoms with Gasteiger partial charge in [-0.2, -0.15) is 0 Å². The average Bonchev–Trinajstić information content (AvgIpc) is 3.88. The third-order valence-corrected chi connectivity index (χ3v) is 16.3. The molecule has 4 aliphatic rings. The summed E-state index contributed by atoms with van der Waals surface area (Å²) in [5.41, 5.74) is 1.83. The maximum atomic E-state index is 15.1. The van der Waals surface area contributed by atoms with E-state index >= 15 is 4.79 Å². The minimum Gasteiger partial charge on any atom is -0.497 e. The summed E-state index contributed by atoms with van der Waals surface area (Å²) in [6, 6.07) is 21.4. The first-order valence-electron chi connectivity index (χ1n) is 17.7. The molecule has 3 amide bonds. The van der Waals surface area contributed by atoms with Gasteiger partial charge >= 0.3 is 0 Å². The molecule has 0 unspecified atom stereocenters. The van der Waals surface area contributed by atoms with Crippen molar-refractivity contribution >= 4 is 54.0 Å². The molecule has 3 saturated heterocycles. The quantitative estimate of drug-likeness (QED) is 0.289. The number of carbonyl (C=O) groups excluding carboxylic acids is 3. The summed E-state index contributed by atoms with van der Waals surface area (Å²) in [4.78, 5) is 46.8. The summed E-state index contributed by atoms with van der Waals surface area (Å²) in [7, 11) is -0.806. The molecule has 3 aromatic rings. The van der Waals surface area contributed by atoms with E-state index in [2.05, 4.69) is 32.2 Å². The molecule has 0 aromatic heterocycles. The maximum Gasteiger partial charge on any atom is 0.264 e. The third-order valence-electron chi connectivity index (χ3n) is 11.7. The van der Waals surface area contributed by atoms with Crippen LogP contribution in [0.25, 0.3) is 0 Å². The Bertz CT molecular complexity index is 1790. The van der Waals surface area contributed by atoms with Crippen LogP contribution in [0.2, 0.25) is 23.7 Å². The molecule has 0 radical (unpaired) electrons. The van der Waals surface area contributed by atoms with Crippen molar-refractivity contribution in [3.8, 4) is 5.75 Å². The summed E-state index contributed by atoms with van der Waals surface area (Å²) in [6.45, 7) is 8.27. The molecular weight excluding hydrogens is 670 g/mol. The molecule has 0 saturated carbocycles. The number of aliphatic hydroxyl groups is 1. The van der Waals surface area contributed by atoms with Gasteiger partial charge in [0.1, 0.15) is 5.75 Å². The van der Waals surface area contributed by atoms with Crippen LogP contribution in [0.4, 0.5) is 11.4 Å². The molecule has 264 valence electrons. The first kappa shape index (κ1) is 34.7. The van der Waals surface area contributed by atoms with E-state index in [4.69, 9.17) is 21.1 Å². The first-order chi connectivity index (χ1) is 24.0. The van der Waals surface area contributed by atoms with Gasteiger partial charge in [0, 0.05) is 41.7 Å². The largest absolute Gasteiger partial charge is 0.497 e. The second-order valence-corrected chi connectivity index (χ2v) is 19.9. The molecule has 5 atom stereocenters. The molecule has 4 aliphatic heterocycles. The Morgan fingerprint density at radius 3 is 2.44 bits per heavy atom. The summed E-state index contributed by atoms with van der Waals surface area (Å²) >= 11 is 6.66. The van der Waals surface area contributed by atoms with Crippen LogP contribution in [0.5, 0.6) is 5.75 Å². The van der Waals surface area contributed by atoms with Crippen molar-refractivity contribution in [1.29, 1.82) is 0 Å². The lowest BCUT2D eigenvalue weighted by molar-refractivity contribution is -0.150. The Labute approximate surface area is 300 Å². The Morgan fingerprint density at radius 1 is 1.04 bits per heavy atom. The number of hydrogen-bond acceptors (Lipinski definition) is 6. The van der Waals surface area contributed by atoms with Crippen LogP contribution in [0.3, 0.4) is 0 Å². The first-order valence-corrected chi connectivity index (χ1v) is 21.2. The topological polar surface area (TPSA) is 99.6 Å². The van der Waals surface area contributed by atoms with Gasteiger partial charge < -0.3 is 29.3 Å². The number of anilines is 2. The van der Waals surface area contributed by atoms with E-state index in [1.165, 1.54) is 5.19 Å². The van der Waals surface area contributed by atoms with Crippen molar-refractivity contribution in [3.05, 3.63) is 82.9 Å². The molecule has 3 fully saturated rings. The molecule has 3 aromatic carbocycles. The van der Waals surface area contributed by atoms with Crippen molar-refractivity contribution in [2.45, 2.75) is 82.0 Å². The highest BCUT2D eigenvalue weighted by Crippen LogP contribution is 2.60. The number of benzene rings is 3. The molecule has 4 heterocycles. The lowest BCUT2D eigenvalue weighted by atomic mass is 9.82. The van der Waals surface area contributed by atoms with Gasteiger partial charge in [-0.3, -0.25) is 14.4 Å². The Hall–Kier alpha value is -3.70. The Morgan fingerprint density at radius 2 is 1.78 bits per heavy atom. The monoisotopic (exact) mass is 715 g/mol. The van der Waals surface area contributed by atoms with E-state index < -0.39 is 19.8 Å². The van der Waals surface area contributed by atoms with Crippen LogP contribution in [0.15, 0.2) is 66.7 Å². The van der Waals surface area contributed by atoms with Gasteiger partial charge in [0.2, 0.25) is 11.8 Å². The van der Waals surface area contributed by atoms with Gasteiger partial charge in [-0.25, -0.2) is 0 Å². The summed E-state index contributed by atoms with van der Waals surface area (Å²) in [6.07, 6.45) is 2.64. The fraction of sp³-hybridized carbons (Fsp3) is 0.462. The van der Waals surface area contributed by atoms with E-state index in [1.807, 2.05) is 53.4 Å². The molecule has 0 bridgehead atoms. The van der Waals surface area contributed by atoms with Crippen LogP contribution < -0.4 is 19.7 Å². The number of ether oxygens (including phenoxy) is 2. The number of nitrogens with zero attached hydrogens (tertiary/aromatic N) is 3. The summed E-state index contributed by atoms with van der Waals surface area (Å²) in [5.74, 6) is 0.412. The van der Waals surface area contributed by atoms with Crippen LogP contribution in [0.1, 0.15) is 50.2 Å². The number of carbonyl (C=O) groups is 3. The van der Waals surface area contributed by atoms with E-state index in [-0.39, 0.29) is 48.3 Å². The molecule has 11 heteroatoms. The third kappa shape index (κ3) is 5.74. The van der Waals surface area contributed by atoms with E-state index in [0.29, 0.717) is 31.1 Å². The standard InChI is InChI=1S/C39H46ClN3O6Si/c1-25-37(50(3,4)31-16-14-30(48-2)15-17-31)34(22-36(46)42-19-5-7-29(42)24-44)49-39(25)32-21-27(40)11-18-33(32)43(38(39)47)23-26-9-12-28(13-10-26)41-20-6-8-35(41)45/h9-18,21,25,29,34,37,44H,5-8,19-20,22-24H2,1-4H3/t25-,29+,34+,37-,39+/m1/s1. The summed E-state index contributed by atoms with van der Waals surface area (Å²) < 4.78 is 12.6. The normalized spacial score (nSPS) is 26.4. The number of hydrogen-bond donors (Lipinski definition) is 1. The molecule has 0 aliphatic carbocycles. The molecule has 50 heavy (non-hydrogen) atoms. The van der Waals surface area contributed by atoms with Gasteiger partial charge in [-0.15, -0.1) is 0 Å². The maximum absolute atomic E-state index is 15.1. The second kappa shape index (κ2) is 13.4. The number of amides is 3. The van der Waals surface area contributed by atoms with Crippen molar-refractivity contribution < 1.29 is 29.0 Å². The molecular formula is C39H46ClN3O6Si. The number of rotatable bonds is 9. The predicted molar refractivity (Wildman–Crippen MR) is 197 cm³/mol. The fourth-order valence-electron chi connectivity index (χ4n) is 9.17. The van der Waals surface area contributed by atoms with Gasteiger partial charge in [0.05, 0.1) is 52.6 Å². The van der Waals surface area contributed by atoms with Gasteiger partial charge in [0.25, 0.3) is 5.91 Å². The van der Waals surface area contributed by atoms with Crippen molar-refractivity contribution in [1.82, 2.24) is 4.90 Å². The summed E-state index contributed by atoms with van der Waals surface area (Å²) in [5, 5.41) is 11.7. The SMILES string of the molecule is COc1ccc([Si](C)(C)[C@H]2[C@H](CC(=O)N3CCC[C@H]3CO)O[C@@]3(C(=O)N(Cc4ccc(N5CCCC5=O)cc4)c4ccc(Cl)cc43)[C@@H]2C)cc1. The highest BCUT2D eigenvalue weighted by Gasteiger charge is 2.66. The lowest BCUT2D eigenvalue weighted by Gasteiger charge is -2.37. The van der Waals surface area contributed by atoms with Crippen molar-refractivity contribution in [3.63, 3.8) is 0 Å². The number of aliphatic hydroxyl groups excluding tert-OH is 1. The minimum absolute atomic E-state index is 0.0504. The van der Waals surface area contributed by atoms with Crippen LogP contribution >= 0.6 is 11.6 Å². The number of methoxy groups -OCH3 is 1. The van der Waals surface area contributed by atoms with Gasteiger partial charge in [0.15, 0.2) is 5.60 Å². The van der Waals surface area contributed by atoms with Gasteiger partial charge in [-0.1, -0.05) is 61.1 Å². The predicted octanol–water partition coefficient (Wildman–Crippen LogP) is 5.61. The van der Waals surface area contributed by atoms with Crippen LogP contribution in [-0.4, -0.2) is 74.8 Å². The Balaban J connectivity index is 1.26. The van der Waals surface area contributed by atoms with E-state index in [1.54, 1.807) is 23.0 Å². The molecule has 7 rings (SSSR count). The number of likely N-dealkylation sites (tertiary alicyclic amines) is 1. The Kier molecular flexibility index (Phi) is 9.34. The van der Waals surface area contributed by atoms with E-state index in [9.17, 15) is 14.7 Å². The average molecular weight is 716 g/mol. The van der Waals surface area contributed by atoms with E-state index in [0.717, 1.165) is 47.5 Å². The van der Waals surface area contributed by atoms with Crippen LogP contribution in [0, 0.1) is 5.92 Å². The smallest absolute Gasteiger partial charge is 0.264 e. The molecule has 9 nitrogen and oxygen atoms in total. The number of fused-ring (bicyclic) bond motifs is 2. The lowest BCUT2D eigenvalue weighted by Crippen LogP contribution is -2.52. The highest BCUT2D eigenvalue weighted by atomic mass is 35.5. The van der Waals surface area contributed by atoms with Crippen molar-refractivity contribution in [2.75, 3.05) is 36.6 Å².